The molecule has 0 amide bonds. The first kappa shape index (κ1) is 53.4. The summed E-state index contributed by atoms with van der Waals surface area (Å²) in [6.45, 7) is 8.77. The van der Waals surface area contributed by atoms with Gasteiger partial charge in [0.15, 0.2) is 11.6 Å². The van der Waals surface area contributed by atoms with Crippen LogP contribution in [0.1, 0.15) is 22.3 Å². The van der Waals surface area contributed by atoms with E-state index in [2.05, 4.69) is 320 Å². The fourth-order valence-electron chi connectivity index (χ4n) is 13.8. The lowest BCUT2D eigenvalue weighted by molar-refractivity contribution is 1.07. The molecular formula is C84H59N7. The van der Waals surface area contributed by atoms with E-state index in [0.717, 1.165) is 150 Å². The van der Waals surface area contributed by atoms with E-state index in [1.54, 1.807) is 0 Å². The summed E-state index contributed by atoms with van der Waals surface area (Å²) < 4.78 is 7.57. The van der Waals surface area contributed by atoms with Crippen molar-refractivity contribution in [3.63, 3.8) is 0 Å². The molecule has 0 aliphatic carbocycles. The molecule has 0 atom stereocenters. The standard InChI is InChI=1S/C84H59N7/c1-52-34-39-75-63(44-52)64-45-53(2)35-40-76(64)90(75)81-68(71-50-69(57-24-12-6-13-25-57)85-83(87-71)59-28-16-8-17-29-59)49-79(89-73-33-21-20-32-62(73)67-48-61(38-43-74(67)89)56-22-10-5-11-23-56)82(91-77-41-36-54(3)46-65(77)66-47-55(4)37-42-78(66)91)80(81)72-51-70(58-26-14-7-15-27-58)86-84(88-72)60-30-18-9-19-31-60/h5-51H,1-4H3. The van der Waals surface area contributed by atoms with Crippen LogP contribution in [0.5, 0.6) is 0 Å². The van der Waals surface area contributed by atoms with Gasteiger partial charge in [0.25, 0.3) is 0 Å². The van der Waals surface area contributed by atoms with E-state index in [-0.39, 0.29) is 0 Å². The summed E-state index contributed by atoms with van der Waals surface area (Å²) in [4.78, 5) is 22.8. The van der Waals surface area contributed by atoms with E-state index < -0.39 is 0 Å². The Hall–Kier alpha value is -11.8. The highest BCUT2D eigenvalue weighted by molar-refractivity contribution is 6.16. The Morgan fingerprint density at radius 3 is 1.07 bits per heavy atom. The highest BCUT2D eigenvalue weighted by Crippen LogP contribution is 2.51. The molecule has 5 aromatic heterocycles. The van der Waals surface area contributed by atoms with Gasteiger partial charge in [0.2, 0.25) is 0 Å². The maximum atomic E-state index is 5.99. The maximum Gasteiger partial charge on any atom is 0.160 e. The first-order valence-electron chi connectivity index (χ1n) is 31.1. The normalized spacial score (nSPS) is 11.7. The van der Waals surface area contributed by atoms with Crippen molar-refractivity contribution in [2.24, 2.45) is 0 Å². The topological polar surface area (TPSA) is 66.3 Å². The second-order valence-corrected chi connectivity index (χ2v) is 24.1. The van der Waals surface area contributed by atoms with Crippen molar-refractivity contribution in [2.75, 3.05) is 0 Å². The van der Waals surface area contributed by atoms with Crippen LogP contribution >= 0.6 is 0 Å². The number of aryl methyl sites for hydroxylation is 4. The monoisotopic (exact) mass is 1170 g/mol. The molecule has 0 N–H and O–H groups in total. The van der Waals surface area contributed by atoms with E-state index in [0.29, 0.717) is 11.6 Å². The van der Waals surface area contributed by atoms with E-state index in [1.165, 1.54) is 22.3 Å². The summed E-state index contributed by atoms with van der Waals surface area (Å²) in [6, 6.07) is 103. The van der Waals surface area contributed by atoms with E-state index in [9.17, 15) is 0 Å². The highest BCUT2D eigenvalue weighted by Gasteiger charge is 2.33. The SMILES string of the molecule is Cc1ccc2c(c1)c1cc(C)ccc1n2-c1c(-c2cc(-c3ccccc3)nc(-c3ccccc3)n2)cc(-n2c3ccccc3c3cc(-c4ccccc4)ccc32)c(-n2c3ccc(C)cc3c3cc(C)ccc32)c1-c1cc(-c2ccccc2)nc(-c2ccccc2)n1. The lowest BCUT2D eigenvalue weighted by Gasteiger charge is -2.27. The van der Waals surface area contributed by atoms with Gasteiger partial charge in [-0.05, 0) is 124 Å². The number of fused-ring (bicyclic) bond motifs is 9. The zero-order valence-corrected chi connectivity index (χ0v) is 50.8. The van der Waals surface area contributed by atoms with Crippen LogP contribution in [0.3, 0.4) is 0 Å². The van der Waals surface area contributed by atoms with Crippen molar-refractivity contribution in [3.8, 4) is 96.0 Å². The lowest BCUT2D eigenvalue weighted by Crippen LogP contribution is -2.12. The molecule has 7 nitrogen and oxygen atoms in total. The molecule has 17 aromatic rings. The second-order valence-electron chi connectivity index (χ2n) is 24.1. The Morgan fingerprint density at radius 1 is 0.231 bits per heavy atom. The summed E-state index contributed by atoms with van der Waals surface area (Å²) in [5.41, 5.74) is 24.7. The van der Waals surface area contributed by atoms with Gasteiger partial charge in [0.1, 0.15) is 0 Å². The van der Waals surface area contributed by atoms with Crippen molar-refractivity contribution < 1.29 is 0 Å². The second kappa shape index (κ2) is 21.5. The van der Waals surface area contributed by atoms with Crippen molar-refractivity contribution in [2.45, 2.75) is 27.7 Å². The Morgan fingerprint density at radius 2 is 0.582 bits per heavy atom. The molecular weight excluding hydrogens is 1110 g/mol. The number of benzene rings is 12. The van der Waals surface area contributed by atoms with E-state index >= 15 is 0 Å². The van der Waals surface area contributed by atoms with Gasteiger partial charge < -0.3 is 13.7 Å². The van der Waals surface area contributed by atoms with Gasteiger partial charge in [-0.25, -0.2) is 19.9 Å². The minimum absolute atomic E-state index is 0.604. The first-order valence-corrected chi connectivity index (χ1v) is 31.1. The number of rotatable bonds is 10. The van der Waals surface area contributed by atoms with Crippen molar-refractivity contribution in [1.82, 2.24) is 33.6 Å². The van der Waals surface area contributed by atoms with Crippen molar-refractivity contribution in [1.29, 1.82) is 0 Å². The molecule has 91 heavy (non-hydrogen) atoms. The average molecular weight is 1170 g/mol. The molecule has 0 saturated carbocycles. The Balaban J connectivity index is 1.17. The molecule has 0 unspecified atom stereocenters. The first-order chi connectivity index (χ1) is 44.8. The van der Waals surface area contributed by atoms with E-state index in [4.69, 9.17) is 19.9 Å². The van der Waals surface area contributed by atoms with Crippen molar-refractivity contribution >= 4 is 65.4 Å². The van der Waals surface area contributed by atoms with Crippen LogP contribution in [-0.2, 0) is 0 Å². The summed E-state index contributed by atoms with van der Waals surface area (Å²) in [5.74, 6) is 1.22. The van der Waals surface area contributed by atoms with Crippen LogP contribution in [0.2, 0.25) is 0 Å². The zero-order chi connectivity index (χ0) is 60.8. The Labute approximate surface area is 527 Å². The predicted molar refractivity (Wildman–Crippen MR) is 378 cm³/mol. The number of aromatic nitrogens is 7. The minimum atomic E-state index is 0.604. The van der Waals surface area contributed by atoms with Crippen LogP contribution in [0.15, 0.2) is 285 Å². The molecule has 0 fully saturated rings. The van der Waals surface area contributed by atoms with Gasteiger partial charge in [-0.1, -0.05) is 222 Å². The van der Waals surface area contributed by atoms with Gasteiger partial charge in [-0.2, -0.15) is 0 Å². The number of hydrogen-bond acceptors (Lipinski definition) is 4. The Kier molecular flexibility index (Phi) is 12.6. The smallest absolute Gasteiger partial charge is 0.160 e. The fourth-order valence-corrected chi connectivity index (χ4v) is 13.8. The molecule has 0 aliphatic heterocycles. The van der Waals surface area contributed by atoms with Gasteiger partial charge in [-0.3, -0.25) is 0 Å². The molecule has 0 aliphatic rings. The highest BCUT2D eigenvalue weighted by atomic mass is 15.1. The summed E-state index contributed by atoms with van der Waals surface area (Å²) in [7, 11) is 0. The summed E-state index contributed by atoms with van der Waals surface area (Å²) >= 11 is 0. The molecule has 17 rings (SSSR count). The van der Waals surface area contributed by atoms with E-state index in [1.807, 2.05) is 6.07 Å². The van der Waals surface area contributed by atoms with Crippen LogP contribution in [0.4, 0.5) is 0 Å². The third kappa shape index (κ3) is 9.03. The van der Waals surface area contributed by atoms with Crippen LogP contribution in [-0.4, -0.2) is 33.6 Å². The molecule has 0 bridgehead atoms. The number of nitrogens with zero attached hydrogens (tertiary/aromatic N) is 7. The van der Waals surface area contributed by atoms with Gasteiger partial charge in [0.05, 0.1) is 78.5 Å². The largest absolute Gasteiger partial charge is 0.308 e. The zero-order valence-electron chi connectivity index (χ0n) is 50.8. The van der Waals surface area contributed by atoms with Crippen molar-refractivity contribution in [3.05, 3.63) is 307 Å². The lowest BCUT2D eigenvalue weighted by atomic mass is 9.94. The van der Waals surface area contributed by atoms with Gasteiger partial charge in [0, 0.05) is 60.1 Å². The molecule has 7 heteroatoms. The van der Waals surface area contributed by atoms with Crippen LogP contribution < -0.4 is 0 Å². The fraction of sp³-hybridized carbons (Fsp3) is 0.0476. The van der Waals surface area contributed by atoms with Crippen LogP contribution in [0, 0.1) is 27.7 Å². The third-order valence-corrected chi connectivity index (χ3v) is 18.1. The maximum absolute atomic E-state index is 5.99. The number of hydrogen-bond donors (Lipinski definition) is 0. The predicted octanol–water partition coefficient (Wildman–Crippen LogP) is 21.5. The van der Waals surface area contributed by atoms with Gasteiger partial charge in [-0.15, -0.1) is 0 Å². The average Bonchev–Trinajstić information content (AvgIpc) is 1.70. The van der Waals surface area contributed by atoms with Crippen LogP contribution in [0.25, 0.3) is 161 Å². The minimum Gasteiger partial charge on any atom is -0.308 e. The molecule has 0 spiro atoms. The van der Waals surface area contributed by atoms with Gasteiger partial charge >= 0.3 is 0 Å². The number of para-hydroxylation sites is 1. The molecule has 0 radical (unpaired) electrons. The quantitative estimate of drug-likeness (QED) is 0.137. The summed E-state index contributed by atoms with van der Waals surface area (Å²) in [5, 5.41) is 6.89. The summed E-state index contributed by atoms with van der Waals surface area (Å²) in [6.07, 6.45) is 0. The molecule has 0 saturated heterocycles. The third-order valence-electron chi connectivity index (χ3n) is 18.1. The molecule has 430 valence electrons. The molecule has 5 heterocycles. The molecule has 12 aromatic carbocycles. The Bertz CT molecular complexity index is 5490.